The minimum atomic E-state index is -0.0659. The second-order valence-electron chi connectivity index (χ2n) is 5.01. The van der Waals surface area contributed by atoms with E-state index in [9.17, 15) is 4.79 Å². The average Bonchev–Trinajstić information content (AvgIpc) is 2.83. The number of amides is 1. The Kier molecular flexibility index (Phi) is 6.15. The van der Waals surface area contributed by atoms with Crippen LogP contribution in [0.15, 0.2) is 24.3 Å². The molecule has 1 amide bonds. The van der Waals surface area contributed by atoms with Crippen molar-refractivity contribution in [3.05, 3.63) is 45.4 Å². The summed E-state index contributed by atoms with van der Waals surface area (Å²) < 4.78 is 2.23. The molecule has 0 radical (unpaired) electrons. The summed E-state index contributed by atoms with van der Waals surface area (Å²) in [6.07, 6.45) is 2.52. The predicted octanol–water partition coefficient (Wildman–Crippen LogP) is 2.91. The summed E-state index contributed by atoms with van der Waals surface area (Å²) >= 11 is 11.0. The van der Waals surface area contributed by atoms with E-state index in [0.717, 1.165) is 30.7 Å². The second kappa shape index (κ2) is 8.10. The normalized spacial score (nSPS) is 10.6. The zero-order valence-corrected chi connectivity index (χ0v) is 14.0. The fourth-order valence-corrected chi connectivity index (χ4v) is 2.47. The quantitative estimate of drug-likeness (QED) is 0.763. The summed E-state index contributed by atoms with van der Waals surface area (Å²) in [5, 5.41) is 10.5. The van der Waals surface area contributed by atoms with Crippen LogP contribution >= 0.6 is 23.8 Å². The van der Waals surface area contributed by atoms with Crippen LogP contribution in [0.5, 0.6) is 0 Å². The van der Waals surface area contributed by atoms with E-state index >= 15 is 0 Å². The SMILES string of the molecule is CCCc1n[nH]c(=S)n1CC(=O)NCCc1ccc(Cl)cc1. The highest BCUT2D eigenvalue weighted by Crippen LogP contribution is 2.09. The Bertz CT molecular complexity index is 678. The Hall–Kier alpha value is -1.66. The molecule has 7 heteroatoms. The summed E-state index contributed by atoms with van der Waals surface area (Å²) in [6.45, 7) is 2.84. The van der Waals surface area contributed by atoms with Crippen LogP contribution in [0.3, 0.4) is 0 Å². The van der Waals surface area contributed by atoms with Crippen molar-refractivity contribution in [3.63, 3.8) is 0 Å². The number of hydrogen-bond donors (Lipinski definition) is 2. The van der Waals surface area contributed by atoms with E-state index in [0.29, 0.717) is 16.3 Å². The van der Waals surface area contributed by atoms with E-state index in [2.05, 4.69) is 22.4 Å². The minimum Gasteiger partial charge on any atom is -0.354 e. The molecule has 2 N–H and O–H groups in total. The van der Waals surface area contributed by atoms with Gasteiger partial charge in [-0.15, -0.1) is 0 Å². The number of benzene rings is 1. The van der Waals surface area contributed by atoms with Gasteiger partial charge in [0, 0.05) is 18.0 Å². The van der Waals surface area contributed by atoms with E-state index < -0.39 is 0 Å². The van der Waals surface area contributed by atoms with E-state index in [1.54, 1.807) is 4.57 Å². The number of aromatic nitrogens is 3. The van der Waals surface area contributed by atoms with Crippen molar-refractivity contribution in [2.24, 2.45) is 0 Å². The molecular weight excluding hydrogens is 320 g/mol. The van der Waals surface area contributed by atoms with Gasteiger partial charge < -0.3 is 5.32 Å². The molecule has 22 heavy (non-hydrogen) atoms. The van der Waals surface area contributed by atoms with Crippen LogP contribution < -0.4 is 5.32 Å². The van der Waals surface area contributed by atoms with Gasteiger partial charge in [0.15, 0.2) is 4.77 Å². The van der Waals surface area contributed by atoms with Crippen molar-refractivity contribution in [1.29, 1.82) is 0 Å². The second-order valence-corrected chi connectivity index (χ2v) is 5.83. The Morgan fingerprint density at radius 2 is 2.09 bits per heavy atom. The first kappa shape index (κ1) is 16.7. The van der Waals surface area contributed by atoms with E-state index in [4.69, 9.17) is 23.8 Å². The fourth-order valence-electron chi connectivity index (χ4n) is 2.12. The lowest BCUT2D eigenvalue weighted by Crippen LogP contribution is -2.30. The molecule has 0 fully saturated rings. The Morgan fingerprint density at radius 1 is 1.36 bits per heavy atom. The summed E-state index contributed by atoms with van der Waals surface area (Å²) in [6, 6.07) is 7.61. The number of carbonyl (C=O) groups is 1. The average molecular weight is 339 g/mol. The third kappa shape index (κ3) is 4.68. The van der Waals surface area contributed by atoms with E-state index in [1.807, 2.05) is 24.3 Å². The number of H-pyrrole nitrogens is 1. The molecule has 118 valence electrons. The number of rotatable bonds is 7. The molecular formula is C15H19ClN4OS. The maximum absolute atomic E-state index is 12.0. The molecule has 1 aromatic carbocycles. The zero-order chi connectivity index (χ0) is 15.9. The standard InChI is InChI=1S/C15H19ClN4OS/c1-2-3-13-18-19-15(22)20(13)10-14(21)17-9-8-11-4-6-12(16)7-5-11/h4-7H,2-3,8-10H2,1H3,(H,17,21)(H,19,22). The molecule has 0 spiro atoms. The number of aromatic amines is 1. The zero-order valence-electron chi connectivity index (χ0n) is 12.4. The maximum atomic E-state index is 12.0. The summed E-state index contributed by atoms with van der Waals surface area (Å²) in [4.78, 5) is 12.0. The van der Waals surface area contributed by atoms with Crippen LogP contribution in [0, 0.1) is 4.77 Å². The van der Waals surface area contributed by atoms with E-state index in [1.165, 1.54) is 0 Å². The van der Waals surface area contributed by atoms with Gasteiger partial charge in [0.2, 0.25) is 5.91 Å². The summed E-state index contributed by atoms with van der Waals surface area (Å²) in [5.41, 5.74) is 1.14. The molecule has 0 bridgehead atoms. The van der Waals surface area contributed by atoms with Crippen molar-refractivity contribution >= 4 is 29.7 Å². The number of nitrogens with one attached hydrogen (secondary N) is 2. The highest BCUT2D eigenvalue weighted by Gasteiger charge is 2.09. The van der Waals surface area contributed by atoms with Crippen molar-refractivity contribution in [2.45, 2.75) is 32.7 Å². The van der Waals surface area contributed by atoms with Gasteiger partial charge in [0.1, 0.15) is 12.4 Å². The first-order valence-electron chi connectivity index (χ1n) is 7.25. The van der Waals surface area contributed by atoms with Crippen LogP contribution in [0.4, 0.5) is 0 Å². The number of nitrogens with zero attached hydrogens (tertiary/aromatic N) is 2. The van der Waals surface area contributed by atoms with Crippen LogP contribution in [-0.2, 0) is 24.2 Å². The molecule has 0 aliphatic carbocycles. The van der Waals surface area contributed by atoms with Crippen molar-refractivity contribution in [3.8, 4) is 0 Å². The van der Waals surface area contributed by atoms with Crippen LogP contribution in [0.2, 0.25) is 5.02 Å². The predicted molar refractivity (Wildman–Crippen MR) is 89.6 cm³/mol. The lowest BCUT2D eigenvalue weighted by Gasteiger charge is -2.08. The molecule has 2 rings (SSSR count). The van der Waals surface area contributed by atoms with Crippen LogP contribution in [0.25, 0.3) is 0 Å². The number of hydrogen-bond acceptors (Lipinski definition) is 3. The molecule has 0 aliphatic rings. The van der Waals surface area contributed by atoms with Crippen LogP contribution in [0.1, 0.15) is 24.7 Å². The Balaban J connectivity index is 1.84. The van der Waals surface area contributed by atoms with Crippen LogP contribution in [-0.4, -0.2) is 27.2 Å². The largest absolute Gasteiger partial charge is 0.354 e. The molecule has 0 saturated carbocycles. The van der Waals surface area contributed by atoms with Gasteiger partial charge in [-0.3, -0.25) is 14.5 Å². The highest BCUT2D eigenvalue weighted by molar-refractivity contribution is 7.71. The third-order valence-electron chi connectivity index (χ3n) is 3.26. The molecule has 2 aromatic rings. The summed E-state index contributed by atoms with van der Waals surface area (Å²) in [7, 11) is 0. The number of carbonyl (C=O) groups excluding carboxylic acids is 1. The topological polar surface area (TPSA) is 62.7 Å². The van der Waals surface area contributed by atoms with Gasteiger partial charge in [-0.25, -0.2) is 0 Å². The molecule has 1 aromatic heterocycles. The molecule has 0 atom stereocenters. The van der Waals surface area contributed by atoms with Crippen molar-refractivity contribution in [2.75, 3.05) is 6.54 Å². The van der Waals surface area contributed by atoms with Gasteiger partial charge >= 0.3 is 0 Å². The smallest absolute Gasteiger partial charge is 0.240 e. The first-order chi connectivity index (χ1) is 10.6. The molecule has 1 heterocycles. The fraction of sp³-hybridized carbons (Fsp3) is 0.400. The molecule has 5 nitrogen and oxygen atoms in total. The van der Waals surface area contributed by atoms with Gasteiger partial charge in [0.25, 0.3) is 0 Å². The van der Waals surface area contributed by atoms with Crippen molar-refractivity contribution < 1.29 is 4.79 Å². The van der Waals surface area contributed by atoms with Gasteiger partial charge in [0.05, 0.1) is 0 Å². The minimum absolute atomic E-state index is 0.0659. The maximum Gasteiger partial charge on any atom is 0.240 e. The first-order valence-corrected chi connectivity index (χ1v) is 8.04. The Morgan fingerprint density at radius 3 is 2.77 bits per heavy atom. The monoisotopic (exact) mass is 338 g/mol. The highest BCUT2D eigenvalue weighted by atomic mass is 35.5. The lowest BCUT2D eigenvalue weighted by molar-refractivity contribution is -0.121. The molecule has 0 saturated heterocycles. The van der Waals surface area contributed by atoms with Gasteiger partial charge in [-0.1, -0.05) is 30.7 Å². The molecule has 0 aliphatic heterocycles. The van der Waals surface area contributed by atoms with Gasteiger partial charge in [-0.2, -0.15) is 5.10 Å². The lowest BCUT2D eigenvalue weighted by atomic mass is 10.1. The van der Waals surface area contributed by atoms with E-state index in [-0.39, 0.29) is 12.5 Å². The Labute approximate surface area is 139 Å². The summed E-state index contributed by atoms with van der Waals surface area (Å²) in [5.74, 6) is 0.754. The van der Waals surface area contributed by atoms with Gasteiger partial charge in [-0.05, 0) is 42.8 Å². The third-order valence-corrected chi connectivity index (χ3v) is 3.83. The number of aryl methyl sites for hydroxylation is 1. The molecule has 0 unspecified atom stereocenters. The number of halogens is 1. The van der Waals surface area contributed by atoms with Crippen molar-refractivity contribution in [1.82, 2.24) is 20.1 Å².